The molecule has 0 atom stereocenters. The predicted octanol–water partition coefficient (Wildman–Crippen LogP) is 3.27. The molecule has 0 unspecified atom stereocenters. The predicted molar refractivity (Wildman–Crippen MR) is 69.2 cm³/mol. The van der Waals surface area contributed by atoms with E-state index >= 15 is 0 Å². The molecular formula is C13H26O2S. The number of hydrogen-bond donors (Lipinski definition) is 0. The highest BCUT2D eigenvalue weighted by Gasteiger charge is 2.29. The first kappa shape index (κ1) is 14.0. The first-order valence-corrected chi connectivity index (χ1v) is 8.42. The van der Waals surface area contributed by atoms with Crippen molar-refractivity contribution in [3.63, 3.8) is 0 Å². The van der Waals surface area contributed by atoms with Crippen LogP contribution in [-0.2, 0) is 9.84 Å². The molecule has 0 N–H and O–H groups in total. The lowest BCUT2D eigenvalue weighted by atomic mass is 9.69. The zero-order valence-electron chi connectivity index (χ0n) is 11.1. The van der Waals surface area contributed by atoms with Crippen LogP contribution in [0, 0.1) is 17.3 Å². The summed E-state index contributed by atoms with van der Waals surface area (Å²) in [7, 11) is -2.77. The van der Waals surface area contributed by atoms with Gasteiger partial charge in [-0.25, -0.2) is 8.42 Å². The topological polar surface area (TPSA) is 34.1 Å². The zero-order valence-corrected chi connectivity index (χ0v) is 11.9. The van der Waals surface area contributed by atoms with Gasteiger partial charge in [0, 0.05) is 6.26 Å². The van der Waals surface area contributed by atoms with Crippen molar-refractivity contribution >= 4 is 9.84 Å². The first-order chi connectivity index (χ1) is 7.18. The molecule has 0 heterocycles. The van der Waals surface area contributed by atoms with Crippen molar-refractivity contribution < 1.29 is 8.42 Å². The summed E-state index contributed by atoms with van der Waals surface area (Å²) in [5.41, 5.74) is 0.418. The number of hydrogen-bond acceptors (Lipinski definition) is 2. The summed E-state index contributed by atoms with van der Waals surface area (Å²) in [6.07, 6.45) is 7.20. The van der Waals surface area contributed by atoms with Crippen molar-refractivity contribution in [3.05, 3.63) is 0 Å². The Balaban J connectivity index is 2.33. The lowest BCUT2D eigenvalue weighted by molar-refractivity contribution is 0.149. The maximum atomic E-state index is 11.1. The third-order valence-electron chi connectivity index (χ3n) is 3.97. The average molecular weight is 246 g/mol. The average Bonchev–Trinajstić information content (AvgIpc) is 2.13. The minimum atomic E-state index is -2.77. The second-order valence-electron chi connectivity index (χ2n) is 6.50. The molecular weight excluding hydrogens is 220 g/mol. The Hall–Kier alpha value is -0.0500. The summed E-state index contributed by atoms with van der Waals surface area (Å²) in [6, 6.07) is 0. The fraction of sp³-hybridized carbons (Fsp3) is 1.00. The maximum Gasteiger partial charge on any atom is 0.147 e. The third kappa shape index (κ3) is 4.86. The van der Waals surface area contributed by atoms with E-state index in [1.807, 2.05) is 0 Å². The summed E-state index contributed by atoms with van der Waals surface area (Å²) in [5.74, 6) is 1.84. The first-order valence-electron chi connectivity index (χ1n) is 6.36. The van der Waals surface area contributed by atoms with E-state index in [0.29, 0.717) is 17.1 Å². The van der Waals surface area contributed by atoms with Crippen molar-refractivity contribution in [2.24, 2.45) is 17.3 Å². The second kappa shape index (κ2) is 5.07. The van der Waals surface area contributed by atoms with Gasteiger partial charge < -0.3 is 0 Å². The van der Waals surface area contributed by atoms with Crippen LogP contribution in [0.3, 0.4) is 0 Å². The highest BCUT2D eigenvalue weighted by Crippen LogP contribution is 2.40. The van der Waals surface area contributed by atoms with Crippen molar-refractivity contribution in [1.82, 2.24) is 0 Å². The van der Waals surface area contributed by atoms with Crippen LogP contribution in [-0.4, -0.2) is 20.4 Å². The van der Waals surface area contributed by atoms with E-state index in [2.05, 4.69) is 20.8 Å². The van der Waals surface area contributed by atoms with Crippen LogP contribution >= 0.6 is 0 Å². The van der Waals surface area contributed by atoms with E-state index in [1.165, 1.54) is 31.9 Å². The Bertz CT molecular complexity index is 303. The molecule has 0 saturated heterocycles. The molecule has 0 aromatic heterocycles. The second-order valence-corrected chi connectivity index (χ2v) is 8.76. The summed E-state index contributed by atoms with van der Waals surface area (Å²) in [4.78, 5) is 0. The zero-order chi connectivity index (χ0) is 12.4. The molecule has 1 saturated carbocycles. The monoisotopic (exact) mass is 246 g/mol. The molecule has 1 rings (SSSR count). The van der Waals surface area contributed by atoms with E-state index < -0.39 is 9.84 Å². The van der Waals surface area contributed by atoms with E-state index in [-0.39, 0.29) is 0 Å². The van der Waals surface area contributed by atoms with E-state index in [1.54, 1.807) is 0 Å². The van der Waals surface area contributed by atoms with Gasteiger partial charge in [-0.1, -0.05) is 33.6 Å². The van der Waals surface area contributed by atoms with Gasteiger partial charge in [0.15, 0.2) is 0 Å². The van der Waals surface area contributed by atoms with Gasteiger partial charge >= 0.3 is 0 Å². The molecule has 2 nitrogen and oxygen atoms in total. The van der Waals surface area contributed by atoms with Crippen LogP contribution in [0.15, 0.2) is 0 Å². The summed E-state index contributed by atoms with van der Waals surface area (Å²) in [5, 5.41) is 0. The largest absolute Gasteiger partial charge is 0.229 e. The van der Waals surface area contributed by atoms with Gasteiger partial charge in [0.2, 0.25) is 0 Å². The van der Waals surface area contributed by atoms with Crippen LogP contribution in [0.5, 0.6) is 0 Å². The van der Waals surface area contributed by atoms with Gasteiger partial charge in [0.25, 0.3) is 0 Å². The quantitative estimate of drug-likeness (QED) is 0.766. The Morgan fingerprint density at radius 3 is 1.94 bits per heavy atom. The molecule has 0 spiro atoms. The molecule has 0 aromatic carbocycles. The molecule has 3 heteroatoms. The van der Waals surface area contributed by atoms with Crippen molar-refractivity contribution in [2.75, 3.05) is 12.0 Å². The molecule has 0 aliphatic heterocycles. The SMILES string of the molecule is CC(C)(C)[C@H]1CC[C@H](CCS(C)(=O)=O)CC1. The number of rotatable bonds is 3. The Labute approximate surface area is 101 Å². The Kier molecular flexibility index (Phi) is 4.44. The lowest BCUT2D eigenvalue weighted by Crippen LogP contribution is -2.26. The molecule has 0 radical (unpaired) electrons. The Morgan fingerprint density at radius 1 is 1.06 bits per heavy atom. The van der Waals surface area contributed by atoms with E-state index in [4.69, 9.17) is 0 Å². The minimum absolute atomic E-state index is 0.373. The van der Waals surface area contributed by atoms with E-state index in [9.17, 15) is 8.42 Å². The van der Waals surface area contributed by atoms with Crippen molar-refractivity contribution in [3.8, 4) is 0 Å². The van der Waals surface area contributed by atoms with Crippen LogP contribution in [0.4, 0.5) is 0 Å². The molecule has 0 amide bonds. The summed E-state index contributed by atoms with van der Waals surface area (Å²) in [6.45, 7) is 6.94. The van der Waals surface area contributed by atoms with Crippen molar-refractivity contribution in [2.45, 2.75) is 52.9 Å². The van der Waals surface area contributed by atoms with Crippen LogP contribution in [0.25, 0.3) is 0 Å². The molecule has 0 bridgehead atoms. The van der Waals surface area contributed by atoms with E-state index in [0.717, 1.165) is 12.3 Å². The Morgan fingerprint density at radius 2 is 1.56 bits per heavy atom. The minimum Gasteiger partial charge on any atom is -0.229 e. The molecule has 16 heavy (non-hydrogen) atoms. The standard InChI is InChI=1S/C13H26O2S/c1-13(2,3)12-7-5-11(6-8-12)9-10-16(4,14)15/h11-12H,5-10H2,1-4H3/t11-,12-. The van der Waals surface area contributed by atoms with Gasteiger partial charge in [0.1, 0.15) is 9.84 Å². The highest BCUT2D eigenvalue weighted by atomic mass is 32.2. The molecule has 1 aliphatic carbocycles. The molecule has 1 aliphatic rings. The van der Waals surface area contributed by atoms with Gasteiger partial charge in [-0.3, -0.25) is 0 Å². The third-order valence-corrected chi connectivity index (χ3v) is 4.95. The molecule has 96 valence electrons. The number of sulfone groups is 1. The lowest BCUT2D eigenvalue weighted by Gasteiger charge is -2.37. The van der Waals surface area contributed by atoms with Gasteiger partial charge in [0.05, 0.1) is 5.75 Å². The molecule has 1 fully saturated rings. The normalized spacial score (nSPS) is 28.0. The summed E-state index contributed by atoms with van der Waals surface area (Å²) >= 11 is 0. The van der Waals surface area contributed by atoms with Gasteiger partial charge in [-0.05, 0) is 36.5 Å². The smallest absolute Gasteiger partial charge is 0.147 e. The van der Waals surface area contributed by atoms with Crippen molar-refractivity contribution in [1.29, 1.82) is 0 Å². The summed E-state index contributed by atoms with van der Waals surface area (Å²) < 4.78 is 22.2. The van der Waals surface area contributed by atoms with Crippen LogP contribution in [0.1, 0.15) is 52.9 Å². The maximum absolute atomic E-state index is 11.1. The fourth-order valence-corrected chi connectivity index (χ4v) is 3.46. The van der Waals surface area contributed by atoms with Crippen LogP contribution < -0.4 is 0 Å². The van der Waals surface area contributed by atoms with Gasteiger partial charge in [-0.2, -0.15) is 0 Å². The molecule has 0 aromatic rings. The van der Waals surface area contributed by atoms with Gasteiger partial charge in [-0.15, -0.1) is 0 Å². The highest BCUT2D eigenvalue weighted by molar-refractivity contribution is 7.90. The van der Waals surface area contributed by atoms with Crippen LogP contribution in [0.2, 0.25) is 0 Å². The fourth-order valence-electron chi connectivity index (χ4n) is 2.70.